The number of hydrogen-bond donors (Lipinski definition) is 2. The van der Waals surface area contributed by atoms with Crippen LogP contribution in [0.15, 0.2) is 24.3 Å². The number of nitrogens with one attached hydrogen (secondary N) is 1. The van der Waals surface area contributed by atoms with Gasteiger partial charge in [-0.05, 0) is 19.0 Å². The monoisotopic (exact) mass is 258 g/mol. The number of ether oxygens (including phenoxy) is 1. The first-order valence-electron chi connectivity index (χ1n) is 5.36. The van der Waals surface area contributed by atoms with Crippen LogP contribution < -0.4 is 15.2 Å². The number of primary sulfonamides is 1. The minimum atomic E-state index is -3.35. The lowest BCUT2D eigenvalue weighted by molar-refractivity contribution is 0.407. The minimum Gasteiger partial charge on any atom is -0.496 e. The average Bonchev–Trinajstić information content (AvgIpc) is 2.27. The van der Waals surface area contributed by atoms with Crippen molar-refractivity contribution in [1.82, 2.24) is 5.32 Å². The van der Waals surface area contributed by atoms with E-state index in [4.69, 9.17) is 9.88 Å². The standard InChI is InChI=1S/C11H18N2O3S/c1-16-11-6-3-2-5-10(11)9-13-7-4-8-17(12,14)15/h2-3,5-6,13H,4,7-9H2,1H3,(H2,12,14,15). The molecule has 0 aliphatic rings. The highest BCUT2D eigenvalue weighted by atomic mass is 32.2. The number of nitrogens with two attached hydrogens (primary N) is 1. The fourth-order valence-corrected chi connectivity index (χ4v) is 2.02. The quantitative estimate of drug-likeness (QED) is 0.696. The molecule has 0 aromatic heterocycles. The largest absolute Gasteiger partial charge is 0.496 e. The first-order valence-corrected chi connectivity index (χ1v) is 7.07. The maximum Gasteiger partial charge on any atom is 0.209 e. The first-order chi connectivity index (χ1) is 8.03. The predicted octanol–water partition coefficient (Wildman–Crippen LogP) is 0.463. The lowest BCUT2D eigenvalue weighted by Crippen LogP contribution is -2.22. The van der Waals surface area contributed by atoms with E-state index in [1.54, 1.807) is 7.11 Å². The molecule has 17 heavy (non-hydrogen) atoms. The van der Waals surface area contributed by atoms with Crippen LogP contribution in [0.3, 0.4) is 0 Å². The zero-order valence-corrected chi connectivity index (χ0v) is 10.7. The van der Waals surface area contributed by atoms with Crippen molar-refractivity contribution >= 4 is 10.0 Å². The number of para-hydroxylation sites is 1. The van der Waals surface area contributed by atoms with E-state index in [1.807, 2.05) is 24.3 Å². The molecule has 0 unspecified atom stereocenters. The lowest BCUT2D eigenvalue weighted by Gasteiger charge is -2.08. The van der Waals surface area contributed by atoms with Crippen molar-refractivity contribution in [2.75, 3.05) is 19.4 Å². The van der Waals surface area contributed by atoms with Crippen molar-refractivity contribution < 1.29 is 13.2 Å². The Balaban J connectivity index is 2.31. The molecule has 0 aliphatic heterocycles. The number of methoxy groups -OCH3 is 1. The predicted molar refractivity (Wildman–Crippen MR) is 67.3 cm³/mol. The van der Waals surface area contributed by atoms with Gasteiger partial charge in [-0.25, -0.2) is 13.6 Å². The molecule has 0 bridgehead atoms. The highest BCUT2D eigenvalue weighted by Crippen LogP contribution is 2.16. The van der Waals surface area contributed by atoms with Gasteiger partial charge in [0.2, 0.25) is 10.0 Å². The SMILES string of the molecule is COc1ccccc1CNCCCS(N)(=O)=O. The van der Waals surface area contributed by atoms with E-state index >= 15 is 0 Å². The third kappa shape index (κ3) is 5.67. The molecular formula is C11H18N2O3S. The van der Waals surface area contributed by atoms with Crippen molar-refractivity contribution in [3.8, 4) is 5.75 Å². The van der Waals surface area contributed by atoms with Gasteiger partial charge < -0.3 is 10.1 Å². The number of rotatable bonds is 7. The zero-order valence-electron chi connectivity index (χ0n) is 9.85. The molecule has 1 aromatic rings. The van der Waals surface area contributed by atoms with Crippen LogP contribution in [0.25, 0.3) is 0 Å². The summed E-state index contributed by atoms with van der Waals surface area (Å²) in [5, 5.41) is 8.05. The molecular weight excluding hydrogens is 240 g/mol. The van der Waals surface area contributed by atoms with Gasteiger partial charge in [0, 0.05) is 12.1 Å². The van der Waals surface area contributed by atoms with Gasteiger partial charge >= 0.3 is 0 Å². The topological polar surface area (TPSA) is 81.4 Å². The highest BCUT2D eigenvalue weighted by Gasteiger charge is 2.03. The summed E-state index contributed by atoms with van der Waals surface area (Å²) in [6, 6.07) is 7.69. The molecule has 0 saturated carbocycles. The maximum atomic E-state index is 10.7. The molecule has 0 radical (unpaired) electrons. The Kier molecular flexibility index (Phi) is 5.40. The van der Waals surface area contributed by atoms with Crippen molar-refractivity contribution in [3.63, 3.8) is 0 Å². The summed E-state index contributed by atoms with van der Waals surface area (Å²) in [5.74, 6) is 0.831. The zero-order chi connectivity index (χ0) is 12.7. The number of hydrogen-bond acceptors (Lipinski definition) is 4. The van der Waals surface area contributed by atoms with Gasteiger partial charge in [-0.2, -0.15) is 0 Å². The second-order valence-corrected chi connectivity index (χ2v) is 5.44. The Morgan fingerprint density at radius 3 is 2.71 bits per heavy atom. The van der Waals surface area contributed by atoms with Crippen LogP contribution >= 0.6 is 0 Å². The fraction of sp³-hybridized carbons (Fsp3) is 0.455. The Morgan fingerprint density at radius 1 is 1.35 bits per heavy atom. The fourth-order valence-electron chi connectivity index (χ4n) is 1.47. The Bertz CT molecular complexity index is 446. The molecule has 0 aliphatic carbocycles. The third-order valence-corrected chi connectivity index (χ3v) is 3.15. The molecule has 1 rings (SSSR count). The van der Waals surface area contributed by atoms with Gasteiger partial charge in [-0.3, -0.25) is 0 Å². The van der Waals surface area contributed by atoms with Crippen LogP contribution in [0.2, 0.25) is 0 Å². The van der Waals surface area contributed by atoms with Crippen LogP contribution in [0.4, 0.5) is 0 Å². The second kappa shape index (κ2) is 6.58. The van der Waals surface area contributed by atoms with Crippen LogP contribution in [-0.4, -0.2) is 27.8 Å². The smallest absolute Gasteiger partial charge is 0.209 e. The van der Waals surface area contributed by atoms with E-state index in [2.05, 4.69) is 5.32 Å². The summed E-state index contributed by atoms with van der Waals surface area (Å²) in [6.45, 7) is 1.25. The minimum absolute atomic E-state index is 0.00588. The first kappa shape index (κ1) is 14.0. The number of benzene rings is 1. The average molecular weight is 258 g/mol. The summed E-state index contributed by atoms with van der Waals surface area (Å²) in [6.07, 6.45) is 0.508. The molecule has 96 valence electrons. The molecule has 0 atom stereocenters. The van der Waals surface area contributed by atoms with Gasteiger partial charge in [0.1, 0.15) is 5.75 Å². The van der Waals surface area contributed by atoms with E-state index < -0.39 is 10.0 Å². The Labute approximate surface area is 102 Å². The van der Waals surface area contributed by atoms with Gasteiger partial charge in [-0.15, -0.1) is 0 Å². The molecule has 0 fully saturated rings. The second-order valence-electron chi connectivity index (χ2n) is 3.71. The molecule has 0 heterocycles. The Hall–Kier alpha value is -1.11. The van der Waals surface area contributed by atoms with E-state index in [9.17, 15) is 8.42 Å². The molecule has 0 saturated heterocycles. The van der Waals surface area contributed by atoms with Gasteiger partial charge in [0.05, 0.1) is 12.9 Å². The molecule has 3 N–H and O–H groups in total. The summed E-state index contributed by atoms with van der Waals surface area (Å²) in [7, 11) is -1.72. The van der Waals surface area contributed by atoms with Crippen molar-refractivity contribution in [3.05, 3.63) is 29.8 Å². The molecule has 5 nitrogen and oxygen atoms in total. The van der Waals surface area contributed by atoms with E-state index in [-0.39, 0.29) is 5.75 Å². The van der Waals surface area contributed by atoms with Crippen LogP contribution in [0.1, 0.15) is 12.0 Å². The van der Waals surface area contributed by atoms with Crippen LogP contribution in [0, 0.1) is 0 Å². The van der Waals surface area contributed by atoms with Gasteiger partial charge in [-0.1, -0.05) is 18.2 Å². The summed E-state index contributed by atoms with van der Waals surface area (Å²) in [4.78, 5) is 0. The van der Waals surface area contributed by atoms with E-state index in [1.165, 1.54) is 0 Å². The summed E-state index contributed by atoms with van der Waals surface area (Å²) in [5.41, 5.74) is 1.05. The highest BCUT2D eigenvalue weighted by molar-refractivity contribution is 7.89. The van der Waals surface area contributed by atoms with Crippen molar-refractivity contribution in [2.24, 2.45) is 5.14 Å². The lowest BCUT2D eigenvalue weighted by atomic mass is 10.2. The van der Waals surface area contributed by atoms with Crippen LogP contribution in [-0.2, 0) is 16.6 Å². The van der Waals surface area contributed by atoms with E-state index in [0.717, 1.165) is 11.3 Å². The molecule has 1 aromatic carbocycles. The molecule has 0 spiro atoms. The summed E-state index contributed by atoms with van der Waals surface area (Å²) >= 11 is 0. The van der Waals surface area contributed by atoms with Gasteiger partial charge in [0.25, 0.3) is 0 Å². The van der Waals surface area contributed by atoms with E-state index in [0.29, 0.717) is 19.5 Å². The Morgan fingerprint density at radius 2 is 2.06 bits per heavy atom. The summed E-state index contributed by atoms with van der Waals surface area (Å²) < 4.78 is 26.6. The molecule has 6 heteroatoms. The normalized spacial score (nSPS) is 11.4. The number of sulfonamides is 1. The molecule has 0 amide bonds. The maximum absolute atomic E-state index is 10.7. The van der Waals surface area contributed by atoms with Crippen LogP contribution in [0.5, 0.6) is 5.75 Å². The van der Waals surface area contributed by atoms with Crippen molar-refractivity contribution in [2.45, 2.75) is 13.0 Å². The third-order valence-electron chi connectivity index (χ3n) is 2.29. The van der Waals surface area contributed by atoms with Crippen molar-refractivity contribution in [1.29, 1.82) is 0 Å². The van der Waals surface area contributed by atoms with Gasteiger partial charge in [0.15, 0.2) is 0 Å².